The molecule has 1 fully saturated rings. The average molecular weight is 285 g/mol. The molecule has 0 bridgehead atoms. The van der Waals surface area contributed by atoms with E-state index >= 15 is 0 Å². The van der Waals surface area contributed by atoms with E-state index in [4.69, 9.17) is 4.74 Å². The van der Waals surface area contributed by atoms with E-state index in [0.29, 0.717) is 12.1 Å². The predicted octanol–water partition coefficient (Wildman–Crippen LogP) is 5.09. The van der Waals surface area contributed by atoms with Gasteiger partial charge in [-0.15, -0.1) is 0 Å². The van der Waals surface area contributed by atoms with Gasteiger partial charge in [-0.05, 0) is 23.8 Å². The third kappa shape index (κ3) is 1.61. The van der Waals surface area contributed by atoms with Crippen molar-refractivity contribution < 1.29 is 4.74 Å². The maximum absolute atomic E-state index is 6.15. The lowest BCUT2D eigenvalue weighted by Crippen LogP contribution is -1.96. The molecule has 0 spiro atoms. The number of hydrogen-bond donors (Lipinski definition) is 0. The maximum Gasteiger partial charge on any atom is 0.150 e. The minimum atomic E-state index is 0.363. The van der Waals surface area contributed by atoms with Gasteiger partial charge >= 0.3 is 0 Å². The van der Waals surface area contributed by atoms with E-state index in [1.807, 2.05) is 12.1 Å². The van der Waals surface area contributed by atoms with Gasteiger partial charge in [-0.2, -0.15) is 0 Å². The van der Waals surface area contributed by atoms with Crippen LogP contribution >= 0.6 is 0 Å². The predicted molar refractivity (Wildman–Crippen MR) is 87.4 cm³/mol. The van der Waals surface area contributed by atoms with Crippen molar-refractivity contribution in [3.63, 3.8) is 0 Å². The van der Waals surface area contributed by atoms with Crippen LogP contribution in [0.3, 0.4) is 0 Å². The summed E-state index contributed by atoms with van der Waals surface area (Å²) in [4.78, 5) is 2.45. The lowest BCUT2D eigenvalue weighted by atomic mass is 10.0. The number of para-hydroxylation sites is 3. The Kier molecular flexibility index (Phi) is 2.36. The fraction of sp³-hybridized carbons (Fsp3) is 0.100. The molecule has 22 heavy (non-hydrogen) atoms. The van der Waals surface area contributed by atoms with Gasteiger partial charge in [0.15, 0.2) is 5.75 Å². The van der Waals surface area contributed by atoms with Gasteiger partial charge in [-0.3, -0.25) is 0 Å². The number of fused-ring (bicyclic) bond motifs is 5. The second kappa shape index (κ2) is 4.38. The summed E-state index contributed by atoms with van der Waals surface area (Å²) >= 11 is 0. The summed E-state index contributed by atoms with van der Waals surface area (Å²) in [5.41, 5.74) is 3.81. The van der Waals surface area contributed by atoms with Crippen LogP contribution in [0.1, 0.15) is 23.2 Å². The fourth-order valence-corrected chi connectivity index (χ4v) is 3.54. The molecule has 2 aliphatic heterocycles. The van der Waals surface area contributed by atoms with Crippen molar-refractivity contribution in [2.24, 2.45) is 0 Å². The highest BCUT2D eigenvalue weighted by Crippen LogP contribution is 2.62. The molecule has 2 aliphatic rings. The van der Waals surface area contributed by atoms with Gasteiger partial charge in [-0.25, -0.2) is 0 Å². The Bertz CT molecular complexity index is 792. The summed E-state index contributed by atoms with van der Waals surface area (Å²) in [6.07, 6.45) is 0. The molecular formula is C20H15NO. The van der Waals surface area contributed by atoms with Gasteiger partial charge in [0, 0.05) is 5.56 Å². The van der Waals surface area contributed by atoms with E-state index in [0.717, 1.165) is 11.5 Å². The van der Waals surface area contributed by atoms with Crippen LogP contribution in [-0.4, -0.2) is 0 Å². The van der Waals surface area contributed by atoms with Gasteiger partial charge in [0.25, 0.3) is 0 Å². The van der Waals surface area contributed by atoms with E-state index < -0.39 is 0 Å². The Hall–Kier alpha value is -2.74. The van der Waals surface area contributed by atoms with Crippen LogP contribution in [0.15, 0.2) is 78.9 Å². The van der Waals surface area contributed by atoms with Crippen LogP contribution < -0.4 is 9.64 Å². The highest BCUT2D eigenvalue weighted by Gasteiger charge is 2.52. The van der Waals surface area contributed by atoms with E-state index in [9.17, 15) is 0 Å². The molecule has 0 radical (unpaired) electrons. The highest BCUT2D eigenvalue weighted by atomic mass is 16.5. The van der Waals surface area contributed by atoms with E-state index in [2.05, 4.69) is 71.6 Å². The number of rotatable bonds is 1. The van der Waals surface area contributed by atoms with Crippen LogP contribution in [0.2, 0.25) is 0 Å². The van der Waals surface area contributed by atoms with E-state index in [1.54, 1.807) is 0 Å². The van der Waals surface area contributed by atoms with Crippen molar-refractivity contribution >= 4 is 5.69 Å². The zero-order chi connectivity index (χ0) is 14.5. The third-order valence-electron chi connectivity index (χ3n) is 4.55. The second-order valence-corrected chi connectivity index (χ2v) is 5.82. The first-order chi connectivity index (χ1) is 10.9. The molecule has 2 nitrogen and oxygen atoms in total. The number of ether oxygens (including phenoxy) is 1. The SMILES string of the molecule is c1ccc(C2[C@H]3c4ccccc4Oc4ccccc4N23)cc1. The van der Waals surface area contributed by atoms with E-state index in [1.165, 1.54) is 16.8 Å². The lowest BCUT2D eigenvalue weighted by molar-refractivity contribution is 0.480. The average Bonchev–Trinajstić information content (AvgIpc) is 3.32. The molecule has 5 rings (SSSR count). The Morgan fingerprint density at radius 1 is 0.636 bits per heavy atom. The summed E-state index contributed by atoms with van der Waals surface area (Å²) in [7, 11) is 0. The number of benzene rings is 3. The van der Waals surface area contributed by atoms with Gasteiger partial charge in [0.2, 0.25) is 0 Å². The Labute approximate surface area is 129 Å². The van der Waals surface area contributed by atoms with Crippen molar-refractivity contribution in [1.82, 2.24) is 0 Å². The van der Waals surface area contributed by atoms with Crippen molar-refractivity contribution in [3.05, 3.63) is 90.0 Å². The van der Waals surface area contributed by atoms with Gasteiger partial charge < -0.3 is 9.64 Å². The summed E-state index contributed by atoms with van der Waals surface area (Å²) in [5.74, 6) is 1.91. The number of nitrogens with zero attached hydrogens (tertiary/aromatic N) is 1. The van der Waals surface area contributed by atoms with Crippen molar-refractivity contribution in [1.29, 1.82) is 0 Å². The van der Waals surface area contributed by atoms with Crippen molar-refractivity contribution in [2.75, 3.05) is 4.90 Å². The van der Waals surface area contributed by atoms with Gasteiger partial charge in [0.05, 0.1) is 17.8 Å². The molecule has 2 atom stereocenters. The third-order valence-corrected chi connectivity index (χ3v) is 4.55. The minimum absolute atomic E-state index is 0.363. The Morgan fingerprint density at radius 2 is 1.32 bits per heavy atom. The number of anilines is 1. The van der Waals surface area contributed by atoms with E-state index in [-0.39, 0.29) is 0 Å². The number of hydrogen-bond acceptors (Lipinski definition) is 2. The Morgan fingerprint density at radius 3 is 2.18 bits per heavy atom. The van der Waals surface area contributed by atoms with Crippen molar-refractivity contribution in [2.45, 2.75) is 12.1 Å². The topological polar surface area (TPSA) is 12.2 Å². The van der Waals surface area contributed by atoms with Crippen molar-refractivity contribution in [3.8, 4) is 11.5 Å². The monoisotopic (exact) mass is 285 g/mol. The normalized spacial score (nSPS) is 21.0. The van der Waals surface area contributed by atoms with Crippen LogP contribution in [0.5, 0.6) is 11.5 Å². The minimum Gasteiger partial charge on any atom is -0.455 e. The highest BCUT2D eigenvalue weighted by molar-refractivity contribution is 5.72. The summed E-state index contributed by atoms with van der Waals surface area (Å²) in [6, 6.07) is 28.2. The van der Waals surface area contributed by atoms with Crippen LogP contribution in [0.25, 0.3) is 0 Å². The first-order valence-electron chi connectivity index (χ1n) is 7.62. The largest absolute Gasteiger partial charge is 0.455 e. The molecule has 2 heterocycles. The maximum atomic E-state index is 6.15. The molecule has 0 aromatic heterocycles. The molecule has 0 aliphatic carbocycles. The molecular weight excluding hydrogens is 270 g/mol. The fourth-order valence-electron chi connectivity index (χ4n) is 3.54. The standard InChI is InChI=1S/C20H15NO/c1-2-8-14(9-3-1)19-20-15-10-4-6-12-17(15)22-18-13-7-5-11-16(18)21(19)20/h1-13,19-20H/t19?,20-,21?/m1/s1. The summed E-state index contributed by atoms with van der Waals surface area (Å²) in [6.45, 7) is 0. The van der Waals surface area contributed by atoms with Crippen LogP contribution in [-0.2, 0) is 0 Å². The molecule has 1 saturated heterocycles. The molecule has 0 saturated carbocycles. The second-order valence-electron chi connectivity index (χ2n) is 5.82. The Balaban J connectivity index is 1.70. The molecule has 0 N–H and O–H groups in total. The molecule has 1 unspecified atom stereocenters. The summed E-state index contributed by atoms with van der Waals surface area (Å²) in [5, 5.41) is 0. The first kappa shape index (κ1) is 11.9. The van der Waals surface area contributed by atoms with Gasteiger partial charge in [0.1, 0.15) is 5.75 Å². The zero-order valence-corrected chi connectivity index (χ0v) is 12.0. The molecule has 106 valence electrons. The van der Waals surface area contributed by atoms with Crippen LogP contribution in [0, 0.1) is 0 Å². The lowest BCUT2D eigenvalue weighted by Gasteiger charge is -2.12. The van der Waals surface area contributed by atoms with Gasteiger partial charge in [-0.1, -0.05) is 60.7 Å². The molecule has 2 heteroatoms. The molecule has 0 amide bonds. The first-order valence-corrected chi connectivity index (χ1v) is 7.62. The summed E-state index contributed by atoms with van der Waals surface area (Å²) < 4.78 is 6.15. The quantitative estimate of drug-likeness (QED) is 0.577. The van der Waals surface area contributed by atoms with Crippen LogP contribution in [0.4, 0.5) is 5.69 Å². The molecule has 3 aromatic rings. The smallest absolute Gasteiger partial charge is 0.150 e. The zero-order valence-electron chi connectivity index (χ0n) is 12.0. The molecule has 3 aromatic carbocycles.